The lowest BCUT2D eigenvalue weighted by atomic mass is 10.2. The molecule has 1 saturated heterocycles. The van der Waals surface area contributed by atoms with Crippen LogP contribution in [0.5, 0.6) is 0 Å². The Labute approximate surface area is 130 Å². The Bertz CT molecular complexity index is 717. The maximum Gasteiger partial charge on any atom is 0.243 e. The molecule has 0 spiro atoms. The molecule has 2 N–H and O–H groups in total. The SMILES string of the molecule is CC(=O)N1CCc2cc(S(=O)(=O)N3CCC(N)C3C)ccc21. The third-order valence-corrected chi connectivity index (χ3v) is 6.67. The average molecular weight is 323 g/mol. The van der Waals surface area contributed by atoms with Gasteiger partial charge in [-0.2, -0.15) is 4.31 Å². The first-order chi connectivity index (χ1) is 10.3. The molecule has 0 saturated carbocycles. The first-order valence-electron chi connectivity index (χ1n) is 7.51. The van der Waals surface area contributed by atoms with Gasteiger partial charge < -0.3 is 10.6 Å². The fraction of sp³-hybridized carbons (Fsp3) is 0.533. The highest BCUT2D eigenvalue weighted by Gasteiger charge is 2.37. The fourth-order valence-corrected chi connectivity index (χ4v) is 5.02. The number of nitrogens with zero attached hydrogens (tertiary/aromatic N) is 2. The summed E-state index contributed by atoms with van der Waals surface area (Å²) in [6.07, 6.45) is 1.37. The van der Waals surface area contributed by atoms with Crippen LogP contribution >= 0.6 is 0 Å². The average Bonchev–Trinajstić information content (AvgIpc) is 3.03. The molecule has 2 heterocycles. The van der Waals surface area contributed by atoms with Crippen LogP contribution in [0, 0.1) is 0 Å². The van der Waals surface area contributed by atoms with E-state index in [2.05, 4.69) is 0 Å². The van der Waals surface area contributed by atoms with Gasteiger partial charge in [0.2, 0.25) is 15.9 Å². The number of benzene rings is 1. The van der Waals surface area contributed by atoms with Gasteiger partial charge in [0.05, 0.1) is 4.90 Å². The van der Waals surface area contributed by atoms with Crippen LogP contribution in [0.4, 0.5) is 5.69 Å². The van der Waals surface area contributed by atoms with Gasteiger partial charge in [-0.25, -0.2) is 8.42 Å². The maximum atomic E-state index is 12.8. The van der Waals surface area contributed by atoms with Crippen molar-refractivity contribution in [1.29, 1.82) is 0 Å². The minimum absolute atomic E-state index is 0.0199. The summed E-state index contributed by atoms with van der Waals surface area (Å²) in [6, 6.07) is 4.72. The summed E-state index contributed by atoms with van der Waals surface area (Å²) in [6.45, 7) is 4.44. The lowest BCUT2D eigenvalue weighted by Crippen LogP contribution is -2.40. The molecule has 0 bridgehead atoms. The van der Waals surface area contributed by atoms with Crippen molar-refractivity contribution in [2.75, 3.05) is 18.0 Å². The number of hydrogen-bond donors (Lipinski definition) is 1. The van der Waals surface area contributed by atoms with Crippen molar-refractivity contribution in [1.82, 2.24) is 4.31 Å². The van der Waals surface area contributed by atoms with Crippen LogP contribution in [-0.2, 0) is 21.2 Å². The molecule has 7 heteroatoms. The Balaban J connectivity index is 1.95. The van der Waals surface area contributed by atoms with Gasteiger partial charge in [-0.05, 0) is 43.5 Å². The summed E-state index contributed by atoms with van der Waals surface area (Å²) in [4.78, 5) is 13.5. The molecule has 2 atom stereocenters. The number of rotatable bonds is 2. The molecular formula is C15H21N3O3S. The maximum absolute atomic E-state index is 12.8. The van der Waals surface area contributed by atoms with Crippen molar-refractivity contribution in [3.05, 3.63) is 23.8 Å². The highest BCUT2D eigenvalue weighted by Crippen LogP contribution is 2.32. The minimum atomic E-state index is -3.53. The Morgan fingerprint density at radius 2 is 2.05 bits per heavy atom. The Kier molecular flexibility index (Phi) is 3.74. The Hall–Kier alpha value is -1.44. The molecule has 0 aromatic heterocycles. The zero-order chi connectivity index (χ0) is 16.1. The number of amides is 1. The van der Waals surface area contributed by atoms with Crippen LogP contribution in [0.25, 0.3) is 0 Å². The van der Waals surface area contributed by atoms with Crippen LogP contribution in [0.3, 0.4) is 0 Å². The normalized spacial score (nSPS) is 25.5. The van der Waals surface area contributed by atoms with Gasteiger partial charge in [-0.15, -0.1) is 0 Å². The molecule has 0 radical (unpaired) electrons. The molecule has 3 rings (SSSR count). The minimum Gasteiger partial charge on any atom is -0.326 e. The molecule has 22 heavy (non-hydrogen) atoms. The summed E-state index contributed by atoms with van der Waals surface area (Å²) in [7, 11) is -3.53. The molecule has 2 aliphatic rings. The largest absolute Gasteiger partial charge is 0.326 e. The molecule has 1 aromatic rings. The Morgan fingerprint density at radius 1 is 1.32 bits per heavy atom. The third-order valence-electron chi connectivity index (χ3n) is 4.69. The number of carbonyl (C=O) groups excluding carboxylic acids is 1. The highest BCUT2D eigenvalue weighted by molar-refractivity contribution is 7.89. The first-order valence-corrected chi connectivity index (χ1v) is 8.95. The summed E-state index contributed by atoms with van der Waals surface area (Å²) < 4.78 is 27.1. The van der Waals surface area contributed by atoms with Gasteiger partial charge in [0.1, 0.15) is 0 Å². The zero-order valence-electron chi connectivity index (χ0n) is 12.8. The second-order valence-corrected chi connectivity index (χ2v) is 7.91. The van der Waals surface area contributed by atoms with Crippen LogP contribution in [0.2, 0.25) is 0 Å². The Morgan fingerprint density at radius 3 is 2.64 bits per heavy atom. The predicted octanol–water partition coefficient (Wildman–Crippen LogP) is 0.706. The smallest absolute Gasteiger partial charge is 0.243 e. The molecule has 1 amide bonds. The van der Waals surface area contributed by atoms with E-state index in [1.54, 1.807) is 23.1 Å². The number of hydrogen-bond acceptors (Lipinski definition) is 4. The number of anilines is 1. The van der Waals surface area contributed by atoms with E-state index in [1.807, 2.05) is 6.92 Å². The van der Waals surface area contributed by atoms with E-state index in [9.17, 15) is 13.2 Å². The van der Waals surface area contributed by atoms with Crippen molar-refractivity contribution in [2.24, 2.45) is 5.73 Å². The van der Waals surface area contributed by atoms with Crippen molar-refractivity contribution < 1.29 is 13.2 Å². The molecule has 120 valence electrons. The number of sulfonamides is 1. The third kappa shape index (κ3) is 2.33. The molecule has 6 nitrogen and oxygen atoms in total. The van der Waals surface area contributed by atoms with Gasteiger partial charge >= 0.3 is 0 Å². The van der Waals surface area contributed by atoms with E-state index in [0.717, 1.165) is 11.3 Å². The molecule has 1 fully saturated rings. The van der Waals surface area contributed by atoms with Gasteiger partial charge in [0, 0.05) is 37.8 Å². The second kappa shape index (κ2) is 5.33. The monoisotopic (exact) mass is 323 g/mol. The molecule has 1 aromatic carbocycles. The molecular weight excluding hydrogens is 302 g/mol. The van der Waals surface area contributed by atoms with E-state index in [0.29, 0.717) is 25.9 Å². The summed E-state index contributed by atoms with van der Waals surface area (Å²) in [5.74, 6) is -0.0199. The van der Waals surface area contributed by atoms with E-state index in [-0.39, 0.29) is 22.9 Å². The van der Waals surface area contributed by atoms with E-state index in [1.165, 1.54) is 11.2 Å². The number of nitrogens with two attached hydrogens (primary N) is 1. The van der Waals surface area contributed by atoms with Crippen molar-refractivity contribution in [3.63, 3.8) is 0 Å². The van der Waals surface area contributed by atoms with Gasteiger partial charge in [-0.1, -0.05) is 0 Å². The molecule has 2 aliphatic heterocycles. The van der Waals surface area contributed by atoms with Crippen molar-refractivity contribution in [2.45, 2.75) is 43.7 Å². The standard InChI is InChI=1S/C15H21N3O3S/c1-10-14(16)6-8-18(10)22(20,21)13-3-4-15-12(9-13)5-7-17(15)11(2)19/h3-4,9-10,14H,5-8,16H2,1-2H3. The highest BCUT2D eigenvalue weighted by atomic mass is 32.2. The zero-order valence-corrected chi connectivity index (χ0v) is 13.6. The lowest BCUT2D eigenvalue weighted by Gasteiger charge is -2.23. The van der Waals surface area contributed by atoms with E-state index in [4.69, 9.17) is 5.73 Å². The van der Waals surface area contributed by atoms with E-state index < -0.39 is 10.0 Å². The topological polar surface area (TPSA) is 83.7 Å². The van der Waals surface area contributed by atoms with Crippen LogP contribution in [0.15, 0.2) is 23.1 Å². The van der Waals surface area contributed by atoms with Gasteiger partial charge in [0.25, 0.3) is 0 Å². The first kappa shape index (κ1) is 15.5. The molecule has 0 aliphatic carbocycles. The van der Waals surface area contributed by atoms with Gasteiger partial charge in [0.15, 0.2) is 0 Å². The van der Waals surface area contributed by atoms with Gasteiger partial charge in [-0.3, -0.25) is 4.79 Å². The quantitative estimate of drug-likeness (QED) is 0.868. The van der Waals surface area contributed by atoms with Crippen molar-refractivity contribution >= 4 is 21.6 Å². The fourth-order valence-electron chi connectivity index (χ4n) is 3.27. The summed E-state index contributed by atoms with van der Waals surface area (Å²) in [5, 5.41) is 0. The van der Waals surface area contributed by atoms with Crippen LogP contribution < -0.4 is 10.6 Å². The van der Waals surface area contributed by atoms with Crippen LogP contribution in [0.1, 0.15) is 25.8 Å². The second-order valence-electron chi connectivity index (χ2n) is 6.02. The number of carbonyl (C=O) groups is 1. The molecule has 2 unspecified atom stereocenters. The predicted molar refractivity (Wildman–Crippen MR) is 84.1 cm³/mol. The lowest BCUT2D eigenvalue weighted by molar-refractivity contribution is -0.116. The van der Waals surface area contributed by atoms with E-state index >= 15 is 0 Å². The van der Waals surface area contributed by atoms with Crippen molar-refractivity contribution in [3.8, 4) is 0 Å². The van der Waals surface area contributed by atoms with Crippen LogP contribution in [-0.4, -0.2) is 43.8 Å². The summed E-state index contributed by atoms with van der Waals surface area (Å²) >= 11 is 0. The summed E-state index contributed by atoms with van der Waals surface area (Å²) in [5.41, 5.74) is 7.66. The number of fused-ring (bicyclic) bond motifs is 1.